The van der Waals surface area contributed by atoms with Gasteiger partial charge in [-0.05, 0) is 43.0 Å². The van der Waals surface area contributed by atoms with Crippen molar-refractivity contribution >= 4 is 37.6 Å². The highest BCUT2D eigenvalue weighted by Gasteiger charge is 2.32. The summed E-state index contributed by atoms with van der Waals surface area (Å²) in [6, 6.07) is 4.62. The van der Waals surface area contributed by atoms with Crippen molar-refractivity contribution in [2.45, 2.75) is 37.5 Å². The summed E-state index contributed by atoms with van der Waals surface area (Å²) in [5.41, 5.74) is 0.482. The summed E-state index contributed by atoms with van der Waals surface area (Å²) in [4.78, 5) is 25.4. The number of hydrogen-bond acceptors (Lipinski definition) is 5. The van der Waals surface area contributed by atoms with E-state index >= 15 is 0 Å². The largest absolute Gasteiger partial charge is 0.435 e. The summed E-state index contributed by atoms with van der Waals surface area (Å²) in [5.74, 6) is -1.28. The van der Waals surface area contributed by atoms with E-state index in [4.69, 9.17) is 0 Å². The molecule has 11 heteroatoms. The number of ether oxygens (including phenoxy) is 1. The van der Waals surface area contributed by atoms with Crippen molar-refractivity contribution < 1.29 is 31.5 Å². The minimum atomic E-state index is -3.56. The zero-order chi connectivity index (χ0) is 21.6. The van der Waals surface area contributed by atoms with Gasteiger partial charge in [-0.3, -0.25) is 9.59 Å². The maximum Gasteiger partial charge on any atom is 0.387 e. The van der Waals surface area contributed by atoms with Crippen molar-refractivity contribution in [2.24, 2.45) is 0 Å². The van der Waals surface area contributed by atoms with Gasteiger partial charge in [0.2, 0.25) is 11.8 Å². The van der Waals surface area contributed by atoms with Crippen LogP contribution in [0.25, 0.3) is 0 Å². The van der Waals surface area contributed by atoms with Crippen molar-refractivity contribution in [1.29, 1.82) is 0 Å². The van der Waals surface area contributed by atoms with E-state index in [0.717, 1.165) is 0 Å². The lowest BCUT2D eigenvalue weighted by molar-refractivity contribution is -0.132. The van der Waals surface area contributed by atoms with Crippen molar-refractivity contribution in [2.75, 3.05) is 25.9 Å². The van der Waals surface area contributed by atoms with Crippen LogP contribution in [-0.2, 0) is 25.8 Å². The van der Waals surface area contributed by atoms with Crippen molar-refractivity contribution in [3.8, 4) is 5.75 Å². The summed E-state index contributed by atoms with van der Waals surface area (Å²) in [7, 11) is -2.19. The van der Waals surface area contributed by atoms with Gasteiger partial charge in [-0.25, -0.2) is 8.42 Å². The molecule has 1 aliphatic heterocycles. The monoisotopic (exact) mass is 496 g/mol. The predicted molar refractivity (Wildman–Crippen MR) is 107 cm³/mol. The second-order valence-corrected chi connectivity index (χ2v) is 9.89. The molecule has 2 rings (SSSR count). The fourth-order valence-corrected chi connectivity index (χ4v) is 5.27. The van der Waals surface area contributed by atoms with Gasteiger partial charge in [-0.15, -0.1) is 0 Å². The van der Waals surface area contributed by atoms with E-state index in [2.05, 4.69) is 26.0 Å². The molecule has 29 heavy (non-hydrogen) atoms. The van der Waals surface area contributed by atoms with Gasteiger partial charge in [0.1, 0.15) is 11.5 Å². The van der Waals surface area contributed by atoms with E-state index in [0.29, 0.717) is 10.0 Å². The Kier molecular flexibility index (Phi) is 8.38. The average Bonchev–Trinajstić information content (AvgIpc) is 2.67. The number of carbonyl (C=O) groups is 2. The molecule has 0 saturated carbocycles. The molecule has 1 aromatic rings. The molecule has 0 unspecified atom stereocenters. The van der Waals surface area contributed by atoms with Crippen LogP contribution >= 0.6 is 15.9 Å². The van der Waals surface area contributed by atoms with E-state index in [1.807, 2.05) is 0 Å². The summed E-state index contributed by atoms with van der Waals surface area (Å²) < 4.78 is 54.8. The van der Waals surface area contributed by atoms with Crippen LogP contribution in [0.1, 0.15) is 24.8 Å². The Morgan fingerprint density at radius 2 is 1.97 bits per heavy atom. The summed E-state index contributed by atoms with van der Waals surface area (Å²) in [5, 5.41) is 1.64. The highest BCUT2D eigenvalue weighted by molar-refractivity contribution is 9.10. The number of likely N-dealkylation sites (tertiary alicyclic amines) is 1. The van der Waals surface area contributed by atoms with Crippen LogP contribution in [0.3, 0.4) is 0 Å². The molecule has 1 aliphatic rings. The molecule has 7 nitrogen and oxygen atoms in total. The summed E-state index contributed by atoms with van der Waals surface area (Å²) in [6.45, 7) is -2.41. The highest BCUT2D eigenvalue weighted by Crippen LogP contribution is 2.27. The number of hydrogen-bond donors (Lipinski definition) is 1. The Labute approximate surface area is 176 Å². The fourth-order valence-electron chi connectivity index (χ4n) is 3.19. The molecule has 1 N–H and O–H groups in total. The molecule has 0 spiro atoms. The van der Waals surface area contributed by atoms with E-state index in [1.165, 1.54) is 13.1 Å². The number of halogens is 3. The number of benzene rings is 1. The second kappa shape index (κ2) is 10.3. The lowest BCUT2D eigenvalue weighted by atomic mass is 10.1. The number of nitrogens with zero attached hydrogens (tertiary/aromatic N) is 1. The SMILES string of the molecule is CNC(=O)CS(=O)(=O)C1CCN(C(=O)CCc2cc(Br)ccc2OC(F)F)CC1. The molecule has 2 amide bonds. The van der Waals surface area contributed by atoms with E-state index in [9.17, 15) is 26.8 Å². The molecule has 0 aromatic heterocycles. The van der Waals surface area contributed by atoms with Crippen LogP contribution in [-0.4, -0.2) is 62.9 Å². The van der Waals surface area contributed by atoms with Gasteiger partial charge >= 0.3 is 6.61 Å². The zero-order valence-electron chi connectivity index (χ0n) is 15.9. The number of rotatable bonds is 8. The fraction of sp³-hybridized carbons (Fsp3) is 0.556. The molecule has 162 valence electrons. The zero-order valence-corrected chi connectivity index (χ0v) is 18.3. The van der Waals surface area contributed by atoms with Gasteiger partial charge in [0.15, 0.2) is 9.84 Å². The lowest BCUT2D eigenvalue weighted by Gasteiger charge is -2.31. The molecule has 0 radical (unpaired) electrons. The summed E-state index contributed by atoms with van der Waals surface area (Å²) >= 11 is 3.27. The van der Waals surface area contributed by atoms with Crippen LogP contribution in [0, 0.1) is 0 Å². The predicted octanol–water partition coefficient (Wildman–Crippen LogP) is 2.13. The third kappa shape index (κ3) is 6.91. The van der Waals surface area contributed by atoms with Gasteiger partial charge in [-0.1, -0.05) is 15.9 Å². The number of nitrogens with one attached hydrogen (secondary N) is 1. The maximum atomic E-state index is 12.5. The topological polar surface area (TPSA) is 92.8 Å². The van der Waals surface area contributed by atoms with Crippen molar-refractivity contribution in [3.05, 3.63) is 28.2 Å². The molecule has 1 heterocycles. The second-order valence-electron chi connectivity index (χ2n) is 6.69. The number of sulfone groups is 1. The van der Waals surface area contributed by atoms with Gasteiger partial charge in [0.25, 0.3) is 0 Å². The van der Waals surface area contributed by atoms with Gasteiger partial charge < -0.3 is 15.0 Å². The average molecular weight is 497 g/mol. The Morgan fingerprint density at radius 3 is 2.55 bits per heavy atom. The Hall–Kier alpha value is -1.75. The van der Waals surface area contributed by atoms with Crippen LogP contribution in [0.5, 0.6) is 5.75 Å². The minimum absolute atomic E-state index is 0.0232. The Bertz CT molecular complexity index is 843. The highest BCUT2D eigenvalue weighted by atomic mass is 79.9. The summed E-state index contributed by atoms with van der Waals surface area (Å²) in [6.07, 6.45) is 0.838. The standard InChI is InChI=1S/C18H23BrF2N2O5S/c1-22-16(24)11-29(26,27)14-6-8-23(9-7-14)17(25)5-2-12-10-13(19)3-4-15(12)28-18(20)21/h3-4,10,14,18H,2,5-9,11H2,1H3,(H,22,24). The molecule has 0 atom stereocenters. The third-order valence-corrected chi connectivity index (χ3v) is 7.41. The molecular formula is C18H23BrF2N2O5S. The van der Waals surface area contributed by atoms with E-state index in [1.54, 1.807) is 17.0 Å². The molecule has 1 saturated heterocycles. The Balaban J connectivity index is 1.91. The number of aryl methyl sites for hydroxylation is 1. The normalized spacial score (nSPS) is 15.4. The first-order chi connectivity index (χ1) is 13.6. The lowest BCUT2D eigenvalue weighted by Crippen LogP contribution is -2.44. The molecular weight excluding hydrogens is 474 g/mol. The van der Waals surface area contributed by atoms with Crippen LogP contribution in [0.2, 0.25) is 0 Å². The number of alkyl halides is 2. The molecule has 0 bridgehead atoms. The maximum absolute atomic E-state index is 12.5. The van der Waals surface area contributed by atoms with Crippen LogP contribution in [0.15, 0.2) is 22.7 Å². The molecule has 0 aliphatic carbocycles. The molecule has 1 aromatic carbocycles. The van der Waals surface area contributed by atoms with Crippen molar-refractivity contribution in [1.82, 2.24) is 10.2 Å². The minimum Gasteiger partial charge on any atom is -0.435 e. The van der Waals surface area contributed by atoms with Crippen LogP contribution < -0.4 is 10.1 Å². The van der Waals surface area contributed by atoms with E-state index < -0.39 is 33.4 Å². The van der Waals surface area contributed by atoms with E-state index in [-0.39, 0.29) is 50.4 Å². The Morgan fingerprint density at radius 1 is 1.31 bits per heavy atom. The first-order valence-corrected chi connectivity index (χ1v) is 11.6. The number of piperidine rings is 1. The number of carbonyl (C=O) groups excluding carboxylic acids is 2. The van der Waals surface area contributed by atoms with Gasteiger partial charge in [0, 0.05) is 31.0 Å². The third-order valence-electron chi connectivity index (χ3n) is 4.76. The van der Waals surface area contributed by atoms with Crippen molar-refractivity contribution in [3.63, 3.8) is 0 Å². The smallest absolute Gasteiger partial charge is 0.387 e. The molecule has 1 fully saturated rings. The van der Waals surface area contributed by atoms with Gasteiger partial charge in [-0.2, -0.15) is 8.78 Å². The van der Waals surface area contributed by atoms with Crippen LogP contribution in [0.4, 0.5) is 8.78 Å². The first kappa shape index (κ1) is 23.5. The number of amides is 2. The quantitative estimate of drug-likeness (QED) is 0.594. The van der Waals surface area contributed by atoms with Gasteiger partial charge in [0.05, 0.1) is 5.25 Å². The first-order valence-electron chi connectivity index (χ1n) is 9.05.